The molecule has 0 radical (unpaired) electrons. The highest BCUT2D eigenvalue weighted by Crippen LogP contribution is 2.33. The molecule has 0 atom stereocenters. The first kappa shape index (κ1) is 19.4. The fraction of sp³-hybridized carbons (Fsp3) is 0.357. The molecule has 0 spiro atoms. The number of halogens is 6. The lowest BCUT2D eigenvalue weighted by Crippen LogP contribution is -2.14. The van der Waals surface area contributed by atoms with E-state index in [0.717, 1.165) is 18.2 Å². The Morgan fingerprint density at radius 3 is 2.26 bits per heavy atom. The fourth-order valence-corrected chi connectivity index (χ4v) is 2.10. The molecule has 0 saturated carbocycles. The molecule has 128 valence electrons. The summed E-state index contributed by atoms with van der Waals surface area (Å²) in [6, 6.07) is 3.92. The predicted octanol–water partition coefficient (Wildman–Crippen LogP) is 4.43. The third-order valence-electron chi connectivity index (χ3n) is 2.56. The zero-order chi connectivity index (χ0) is 17.8. The van der Waals surface area contributed by atoms with E-state index in [1.165, 1.54) is 31.3 Å². The van der Waals surface area contributed by atoms with Gasteiger partial charge in [-0.3, -0.25) is 4.79 Å². The van der Waals surface area contributed by atoms with Gasteiger partial charge in [0, 0.05) is 25.9 Å². The van der Waals surface area contributed by atoms with Gasteiger partial charge in [-0.05, 0) is 29.5 Å². The van der Waals surface area contributed by atoms with Crippen LogP contribution in [0.25, 0.3) is 5.57 Å². The highest BCUT2D eigenvalue weighted by molar-refractivity contribution is 8.00. The van der Waals surface area contributed by atoms with Crippen LogP contribution in [-0.2, 0) is 11.0 Å². The molecular weight excluding hydrogens is 344 g/mol. The molecular formula is C14H13F6NOS. The van der Waals surface area contributed by atoms with Crippen molar-refractivity contribution < 1.29 is 31.1 Å². The van der Waals surface area contributed by atoms with Crippen LogP contribution in [0.2, 0.25) is 0 Å². The Balaban J connectivity index is 3.16. The van der Waals surface area contributed by atoms with Crippen molar-refractivity contribution in [2.75, 3.05) is 19.8 Å². The van der Waals surface area contributed by atoms with Crippen LogP contribution in [-0.4, -0.2) is 36.0 Å². The first-order valence-corrected chi connectivity index (χ1v) is 7.18. The largest absolute Gasteiger partial charge is 0.442 e. The average molecular weight is 357 g/mol. The third-order valence-corrected chi connectivity index (χ3v) is 3.29. The zero-order valence-corrected chi connectivity index (χ0v) is 12.9. The topological polar surface area (TPSA) is 20.3 Å². The van der Waals surface area contributed by atoms with Gasteiger partial charge in [-0.25, -0.2) is 0 Å². The Morgan fingerprint density at radius 2 is 1.78 bits per heavy atom. The lowest BCUT2D eigenvalue weighted by atomic mass is 10.0. The summed E-state index contributed by atoms with van der Waals surface area (Å²) in [5.74, 6) is -1.81. The summed E-state index contributed by atoms with van der Waals surface area (Å²) in [6.45, 7) is 0. The van der Waals surface area contributed by atoms with Crippen molar-refractivity contribution in [3.63, 3.8) is 0 Å². The van der Waals surface area contributed by atoms with Crippen LogP contribution in [0.5, 0.6) is 0 Å². The van der Waals surface area contributed by atoms with E-state index < -0.39 is 40.5 Å². The molecule has 0 saturated heterocycles. The Morgan fingerprint density at radius 1 is 1.17 bits per heavy atom. The van der Waals surface area contributed by atoms with Crippen molar-refractivity contribution in [3.05, 3.63) is 41.6 Å². The van der Waals surface area contributed by atoms with Gasteiger partial charge in [0.1, 0.15) is 0 Å². The quantitative estimate of drug-likeness (QED) is 0.574. The summed E-state index contributed by atoms with van der Waals surface area (Å²) in [5.41, 5.74) is -5.86. The minimum absolute atomic E-state index is 0.0821. The first-order chi connectivity index (χ1) is 10.4. The van der Waals surface area contributed by atoms with Crippen molar-refractivity contribution in [1.82, 2.24) is 4.90 Å². The molecule has 0 aliphatic rings. The van der Waals surface area contributed by atoms with E-state index in [0.29, 0.717) is 0 Å². The molecule has 0 N–H and O–H groups in total. The van der Waals surface area contributed by atoms with Crippen LogP contribution in [0.15, 0.2) is 30.5 Å². The van der Waals surface area contributed by atoms with E-state index in [2.05, 4.69) is 0 Å². The lowest BCUT2D eigenvalue weighted by Gasteiger charge is -2.14. The first-order valence-electron chi connectivity index (χ1n) is 6.20. The Kier molecular flexibility index (Phi) is 6.15. The summed E-state index contributed by atoms with van der Waals surface area (Å²) in [4.78, 5) is 13.4. The molecule has 0 aromatic heterocycles. The van der Waals surface area contributed by atoms with Crippen LogP contribution >= 0.6 is 11.8 Å². The van der Waals surface area contributed by atoms with Gasteiger partial charge in [0.05, 0.1) is 11.3 Å². The fourth-order valence-electron chi connectivity index (χ4n) is 1.65. The number of rotatable bonds is 5. The smallest absolute Gasteiger partial charge is 0.383 e. The van der Waals surface area contributed by atoms with Crippen LogP contribution in [0.3, 0.4) is 0 Å². The summed E-state index contributed by atoms with van der Waals surface area (Å²) < 4.78 is 74.8. The van der Waals surface area contributed by atoms with Crippen LogP contribution in [0.1, 0.15) is 11.1 Å². The van der Waals surface area contributed by atoms with Gasteiger partial charge in [-0.15, -0.1) is 0 Å². The molecule has 0 amide bonds. The molecule has 0 bridgehead atoms. The second-order valence-corrected chi connectivity index (χ2v) is 5.78. The van der Waals surface area contributed by atoms with Gasteiger partial charge in [0.15, 0.2) is 5.78 Å². The molecule has 0 unspecified atom stereocenters. The molecule has 0 heterocycles. The van der Waals surface area contributed by atoms with Crippen molar-refractivity contribution in [2.45, 2.75) is 11.7 Å². The number of carbonyl (C=O) groups excluding carboxylic acids is 1. The van der Waals surface area contributed by atoms with Gasteiger partial charge in [0.2, 0.25) is 0 Å². The molecule has 1 aromatic rings. The monoisotopic (exact) mass is 357 g/mol. The number of nitrogens with zero attached hydrogens (tertiary/aromatic N) is 1. The maximum Gasteiger partial charge on any atom is 0.442 e. The average Bonchev–Trinajstić information content (AvgIpc) is 2.40. The summed E-state index contributed by atoms with van der Waals surface area (Å²) in [6.07, 6.45) is -3.41. The molecule has 2 nitrogen and oxygen atoms in total. The molecule has 23 heavy (non-hydrogen) atoms. The van der Waals surface area contributed by atoms with Gasteiger partial charge >= 0.3 is 11.7 Å². The minimum Gasteiger partial charge on any atom is -0.383 e. The number of ketones is 1. The Hall–Kier alpha value is -1.64. The number of hydrogen-bond acceptors (Lipinski definition) is 3. The van der Waals surface area contributed by atoms with E-state index in [1.807, 2.05) is 0 Å². The number of thioether (sulfide) groups is 1. The molecule has 1 rings (SSSR count). The van der Waals surface area contributed by atoms with Crippen LogP contribution in [0.4, 0.5) is 26.3 Å². The van der Waals surface area contributed by atoms with Crippen molar-refractivity contribution >= 4 is 23.1 Å². The SMILES string of the molecule is CN(C)/C=C(/C(=O)CSC(F)(F)F)c1cccc(C(F)(F)F)c1. The maximum absolute atomic E-state index is 12.7. The lowest BCUT2D eigenvalue weighted by molar-refractivity contribution is -0.137. The van der Waals surface area contributed by atoms with Gasteiger partial charge < -0.3 is 4.90 Å². The summed E-state index contributed by atoms with van der Waals surface area (Å²) >= 11 is -0.530. The number of Topliss-reactive ketones (excluding diaryl/α,β-unsaturated/α-hetero) is 1. The Bertz CT molecular complexity index is 592. The molecule has 1 aromatic carbocycles. The van der Waals surface area contributed by atoms with Crippen molar-refractivity contribution in [1.29, 1.82) is 0 Å². The van der Waals surface area contributed by atoms with Crippen molar-refractivity contribution in [2.24, 2.45) is 0 Å². The second-order valence-electron chi connectivity index (χ2n) is 4.74. The highest BCUT2D eigenvalue weighted by Gasteiger charge is 2.32. The van der Waals surface area contributed by atoms with E-state index in [-0.39, 0.29) is 11.1 Å². The van der Waals surface area contributed by atoms with Crippen LogP contribution in [0, 0.1) is 0 Å². The number of allylic oxidation sites excluding steroid dienone is 1. The maximum atomic E-state index is 12.7. The number of carbonyl (C=O) groups is 1. The number of benzene rings is 1. The second kappa shape index (κ2) is 7.29. The standard InChI is InChI=1S/C14H13F6NOS/c1-21(2)7-11(12(22)8-23-14(18,19)20)9-4-3-5-10(6-9)13(15,16)17/h3-7H,8H2,1-2H3/b11-7+. The molecule has 0 aliphatic carbocycles. The Labute approximate surface area is 133 Å². The van der Waals surface area contributed by atoms with E-state index >= 15 is 0 Å². The van der Waals surface area contributed by atoms with E-state index in [1.54, 1.807) is 0 Å². The van der Waals surface area contributed by atoms with Gasteiger partial charge in [-0.2, -0.15) is 26.3 Å². The van der Waals surface area contributed by atoms with Gasteiger partial charge in [0.25, 0.3) is 0 Å². The number of alkyl halides is 6. The van der Waals surface area contributed by atoms with Gasteiger partial charge in [-0.1, -0.05) is 12.1 Å². The predicted molar refractivity (Wildman–Crippen MR) is 76.6 cm³/mol. The summed E-state index contributed by atoms with van der Waals surface area (Å²) in [5, 5.41) is 0. The van der Waals surface area contributed by atoms with Crippen molar-refractivity contribution in [3.8, 4) is 0 Å². The van der Waals surface area contributed by atoms with E-state index in [9.17, 15) is 31.1 Å². The highest BCUT2D eigenvalue weighted by atomic mass is 32.2. The third kappa shape index (κ3) is 6.55. The zero-order valence-electron chi connectivity index (χ0n) is 12.1. The minimum atomic E-state index is -4.61. The normalized spacial score (nSPS) is 13.1. The van der Waals surface area contributed by atoms with E-state index in [4.69, 9.17) is 0 Å². The molecule has 9 heteroatoms. The molecule has 0 aliphatic heterocycles. The number of hydrogen-bond donors (Lipinski definition) is 0. The summed E-state index contributed by atoms with van der Waals surface area (Å²) in [7, 11) is 3.02. The van der Waals surface area contributed by atoms with Crippen LogP contribution < -0.4 is 0 Å². The molecule has 0 fully saturated rings.